The molecule has 2 aromatic carbocycles. The second-order valence-corrected chi connectivity index (χ2v) is 5.80. The highest BCUT2D eigenvalue weighted by atomic mass is 19.3. The molecule has 0 heterocycles. The average Bonchev–Trinajstić information content (AvgIpc) is 3.20. The van der Waals surface area contributed by atoms with E-state index in [-0.39, 0.29) is 12.3 Å². The van der Waals surface area contributed by atoms with Crippen molar-refractivity contribution in [1.29, 1.82) is 0 Å². The highest BCUT2D eigenvalue weighted by Crippen LogP contribution is 2.44. The number of halogens is 2. The lowest BCUT2D eigenvalue weighted by Gasteiger charge is -2.08. The maximum absolute atomic E-state index is 12.8. The first-order chi connectivity index (χ1) is 11.5. The molecule has 126 valence electrons. The molecule has 1 atom stereocenters. The molecule has 2 aromatic rings. The van der Waals surface area contributed by atoms with Gasteiger partial charge in [-0.15, -0.1) is 0 Å². The quantitative estimate of drug-likeness (QED) is 0.855. The van der Waals surface area contributed by atoms with Gasteiger partial charge in [-0.3, -0.25) is 4.79 Å². The summed E-state index contributed by atoms with van der Waals surface area (Å²) >= 11 is 0. The van der Waals surface area contributed by atoms with Crippen molar-refractivity contribution < 1.29 is 18.3 Å². The Labute approximate surface area is 138 Å². The summed E-state index contributed by atoms with van der Waals surface area (Å²) in [6.07, 6.45) is -1.30. The largest absolute Gasteiger partial charge is 0.484 e. The van der Waals surface area contributed by atoms with Gasteiger partial charge in [-0.05, 0) is 35.4 Å². The van der Waals surface area contributed by atoms with Gasteiger partial charge in [0.1, 0.15) is 5.75 Å². The van der Waals surface area contributed by atoms with Crippen molar-refractivity contribution in [1.82, 2.24) is 5.32 Å². The molecule has 0 radical (unpaired) electrons. The summed E-state index contributed by atoms with van der Waals surface area (Å²) in [5.41, 5.74) is 7.98. The van der Waals surface area contributed by atoms with Crippen LogP contribution in [0.3, 0.4) is 0 Å². The van der Waals surface area contributed by atoms with Gasteiger partial charge in [0.05, 0.1) is 6.42 Å². The van der Waals surface area contributed by atoms with E-state index in [9.17, 15) is 13.6 Å². The normalized spacial score (nSPS) is 18.0. The van der Waals surface area contributed by atoms with Gasteiger partial charge >= 0.3 is 0 Å². The van der Waals surface area contributed by atoms with E-state index in [1.165, 1.54) is 12.1 Å². The summed E-state index contributed by atoms with van der Waals surface area (Å²) in [5, 5.41) is 2.81. The zero-order chi connectivity index (χ0) is 17.2. The van der Waals surface area contributed by atoms with Crippen molar-refractivity contribution in [3.63, 3.8) is 0 Å². The molecule has 1 aliphatic rings. The number of carbonyl (C=O) groups excluding carboxylic acids is 1. The predicted molar refractivity (Wildman–Crippen MR) is 85.9 cm³/mol. The zero-order valence-electron chi connectivity index (χ0n) is 13.0. The van der Waals surface area contributed by atoms with Crippen LogP contribution in [0, 0.1) is 0 Å². The molecule has 1 saturated carbocycles. The molecule has 0 spiro atoms. The molecule has 1 unspecified atom stereocenters. The minimum Gasteiger partial charge on any atom is -0.484 e. The molecule has 24 heavy (non-hydrogen) atoms. The molecule has 1 fully saturated rings. The monoisotopic (exact) mass is 332 g/mol. The number of alkyl halides is 2. The van der Waals surface area contributed by atoms with Gasteiger partial charge < -0.3 is 15.8 Å². The van der Waals surface area contributed by atoms with Gasteiger partial charge in [0, 0.05) is 18.7 Å². The third kappa shape index (κ3) is 3.89. The number of ether oxygens (including phenoxy) is 1. The molecule has 0 aromatic heterocycles. The molecule has 1 amide bonds. The minimum atomic E-state index is -2.73. The molecule has 3 N–H and O–H groups in total. The molecule has 3 rings (SSSR count). The van der Waals surface area contributed by atoms with E-state index in [2.05, 4.69) is 5.32 Å². The van der Waals surface area contributed by atoms with Crippen LogP contribution in [0.1, 0.15) is 27.9 Å². The van der Waals surface area contributed by atoms with Crippen molar-refractivity contribution >= 4 is 5.91 Å². The Bertz CT molecular complexity index is 715. The van der Waals surface area contributed by atoms with Crippen LogP contribution < -0.4 is 15.8 Å². The summed E-state index contributed by atoms with van der Waals surface area (Å²) in [4.78, 5) is 12.1. The number of benzene rings is 2. The standard InChI is InChI=1S/C18H18F2N2O2/c19-18(20)9-16(18)24-15-7-5-14(6-8-15)17(23)22-11-13-3-1-12(10-21)2-4-13/h1-8,16H,9-11,21H2,(H,22,23). The van der Waals surface area contributed by atoms with E-state index in [1.807, 2.05) is 24.3 Å². The van der Waals surface area contributed by atoms with Crippen molar-refractivity contribution in [3.8, 4) is 5.75 Å². The molecular weight excluding hydrogens is 314 g/mol. The third-order valence-corrected chi connectivity index (χ3v) is 3.88. The SMILES string of the molecule is NCc1ccc(CNC(=O)c2ccc(OC3CC3(F)F)cc2)cc1. The van der Waals surface area contributed by atoms with E-state index in [4.69, 9.17) is 10.5 Å². The summed E-state index contributed by atoms with van der Waals surface area (Å²) in [6, 6.07) is 13.8. The number of hydrogen-bond donors (Lipinski definition) is 2. The number of carbonyl (C=O) groups is 1. The number of amides is 1. The molecule has 6 heteroatoms. The Morgan fingerprint density at radius 2 is 1.71 bits per heavy atom. The fraction of sp³-hybridized carbons (Fsp3) is 0.278. The number of nitrogens with two attached hydrogens (primary N) is 1. The molecular formula is C18H18F2N2O2. The Morgan fingerprint density at radius 3 is 2.25 bits per heavy atom. The zero-order valence-corrected chi connectivity index (χ0v) is 13.0. The van der Waals surface area contributed by atoms with E-state index < -0.39 is 12.0 Å². The third-order valence-electron chi connectivity index (χ3n) is 3.88. The molecule has 4 nitrogen and oxygen atoms in total. The summed E-state index contributed by atoms with van der Waals surface area (Å²) < 4.78 is 30.7. The van der Waals surface area contributed by atoms with Gasteiger partial charge in [0.2, 0.25) is 0 Å². The molecule has 0 bridgehead atoms. The van der Waals surface area contributed by atoms with Crippen LogP contribution in [0.25, 0.3) is 0 Å². The Balaban J connectivity index is 1.52. The summed E-state index contributed by atoms with van der Waals surface area (Å²) in [5.74, 6) is -2.62. The minimum absolute atomic E-state index is 0.235. The maximum atomic E-state index is 12.8. The topological polar surface area (TPSA) is 64.3 Å². The maximum Gasteiger partial charge on any atom is 0.288 e. The highest BCUT2D eigenvalue weighted by molar-refractivity contribution is 5.94. The van der Waals surface area contributed by atoms with E-state index in [1.54, 1.807) is 12.1 Å². The second kappa shape index (κ2) is 6.57. The van der Waals surface area contributed by atoms with Crippen molar-refractivity contribution in [2.45, 2.75) is 31.5 Å². The second-order valence-electron chi connectivity index (χ2n) is 5.80. The average molecular weight is 332 g/mol. The van der Waals surface area contributed by atoms with Crippen LogP contribution in [0.4, 0.5) is 8.78 Å². The van der Waals surface area contributed by atoms with Gasteiger partial charge in [-0.1, -0.05) is 24.3 Å². The predicted octanol–water partition coefficient (Wildman–Crippen LogP) is 2.86. The van der Waals surface area contributed by atoms with Gasteiger partial charge in [0.15, 0.2) is 6.10 Å². The summed E-state index contributed by atoms with van der Waals surface area (Å²) in [7, 11) is 0. The smallest absolute Gasteiger partial charge is 0.288 e. The van der Waals surface area contributed by atoms with Crippen LogP contribution in [0.15, 0.2) is 48.5 Å². The van der Waals surface area contributed by atoms with Crippen molar-refractivity contribution in [3.05, 3.63) is 65.2 Å². The lowest BCUT2D eigenvalue weighted by molar-refractivity contribution is 0.0665. The fourth-order valence-corrected chi connectivity index (χ4v) is 2.24. The first kappa shape index (κ1) is 16.4. The highest BCUT2D eigenvalue weighted by Gasteiger charge is 2.59. The van der Waals surface area contributed by atoms with Crippen LogP contribution in [-0.2, 0) is 13.1 Å². The van der Waals surface area contributed by atoms with Crippen LogP contribution in [-0.4, -0.2) is 17.9 Å². The molecule has 0 aliphatic heterocycles. The molecule has 0 saturated heterocycles. The first-order valence-corrected chi connectivity index (χ1v) is 7.68. The number of hydrogen-bond acceptors (Lipinski definition) is 3. The first-order valence-electron chi connectivity index (χ1n) is 7.68. The van der Waals surface area contributed by atoms with Gasteiger partial charge in [0.25, 0.3) is 11.8 Å². The lowest BCUT2D eigenvalue weighted by Crippen LogP contribution is -2.22. The van der Waals surface area contributed by atoms with Crippen molar-refractivity contribution in [2.24, 2.45) is 5.73 Å². The Hall–Kier alpha value is -2.47. The number of rotatable bonds is 6. The van der Waals surface area contributed by atoms with E-state index in [0.717, 1.165) is 11.1 Å². The van der Waals surface area contributed by atoms with E-state index >= 15 is 0 Å². The Kier molecular flexibility index (Phi) is 4.49. The van der Waals surface area contributed by atoms with Crippen LogP contribution in [0.2, 0.25) is 0 Å². The molecule has 1 aliphatic carbocycles. The Morgan fingerprint density at radius 1 is 1.12 bits per heavy atom. The van der Waals surface area contributed by atoms with Crippen molar-refractivity contribution in [2.75, 3.05) is 0 Å². The fourth-order valence-electron chi connectivity index (χ4n) is 2.24. The summed E-state index contributed by atoms with van der Waals surface area (Å²) in [6.45, 7) is 0.879. The van der Waals surface area contributed by atoms with Gasteiger partial charge in [-0.25, -0.2) is 8.78 Å². The number of nitrogens with one attached hydrogen (secondary N) is 1. The lowest BCUT2D eigenvalue weighted by atomic mass is 10.1. The van der Waals surface area contributed by atoms with Crippen LogP contribution >= 0.6 is 0 Å². The van der Waals surface area contributed by atoms with Gasteiger partial charge in [-0.2, -0.15) is 0 Å². The van der Waals surface area contributed by atoms with Crippen LogP contribution in [0.5, 0.6) is 5.75 Å². The van der Waals surface area contributed by atoms with E-state index in [0.29, 0.717) is 24.4 Å².